The molecule has 19 heavy (non-hydrogen) atoms. The van der Waals surface area contributed by atoms with E-state index in [9.17, 15) is 9.59 Å². The number of rotatable bonds is 4. The van der Waals surface area contributed by atoms with Gasteiger partial charge in [0.25, 0.3) is 0 Å². The molecule has 0 unspecified atom stereocenters. The zero-order valence-electron chi connectivity index (χ0n) is 12.8. The predicted molar refractivity (Wildman–Crippen MR) is 76.7 cm³/mol. The molecule has 1 heterocycles. The standard InChI is InChI=1S/C15H28N2O2/c1-5-6-7-13(18)17-10-8-12(9-11-17)14(19)16-15(2,3)4/h12H,5-11H2,1-4H3,(H,16,19). The molecular formula is C15H28N2O2. The van der Waals surface area contributed by atoms with Gasteiger partial charge in [0, 0.05) is 31.0 Å². The van der Waals surface area contributed by atoms with Crippen molar-refractivity contribution in [3.05, 3.63) is 0 Å². The fourth-order valence-corrected chi connectivity index (χ4v) is 2.35. The highest BCUT2D eigenvalue weighted by molar-refractivity contribution is 5.80. The molecule has 0 aromatic heterocycles. The summed E-state index contributed by atoms with van der Waals surface area (Å²) in [6, 6.07) is 0. The second kappa shape index (κ2) is 6.92. The van der Waals surface area contributed by atoms with Crippen molar-refractivity contribution in [2.24, 2.45) is 5.92 Å². The highest BCUT2D eigenvalue weighted by Crippen LogP contribution is 2.19. The Hall–Kier alpha value is -1.06. The number of unbranched alkanes of at least 4 members (excludes halogenated alkanes) is 1. The fraction of sp³-hybridized carbons (Fsp3) is 0.867. The molecule has 2 amide bonds. The van der Waals surface area contributed by atoms with E-state index >= 15 is 0 Å². The van der Waals surface area contributed by atoms with Crippen LogP contribution >= 0.6 is 0 Å². The number of carbonyl (C=O) groups excluding carboxylic acids is 2. The van der Waals surface area contributed by atoms with Gasteiger partial charge >= 0.3 is 0 Å². The Bertz CT molecular complexity index is 313. The van der Waals surface area contributed by atoms with E-state index in [0.717, 1.165) is 38.8 Å². The van der Waals surface area contributed by atoms with Gasteiger partial charge < -0.3 is 10.2 Å². The van der Waals surface area contributed by atoms with Crippen LogP contribution in [0.4, 0.5) is 0 Å². The van der Waals surface area contributed by atoms with E-state index in [4.69, 9.17) is 0 Å². The van der Waals surface area contributed by atoms with Crippen LogP contribution in [0.1, 0.15) is 59.8 Å². The minimum atomic E-state index is -0.175. The van der Waals surface area contributed by atoms with Crippen molar-refractivity contribution in [2.75, 3.05) is 13.1 Å². The molecule has 0 aromatic carbocycles. The van der Waals surface area contributed by atoms with Gasteiger partial charge in [0.2, 0.25) is 11.8 Å². The van der Waals surface area contributed by atoms with Gasteiger partial charge in [0.05, 0.1) is 0 Å². The van der Waals surface area contributed by atoms with Gasteiger partial charge in [-0.05, 0) is 40.0 Å². The lowest BCUT2D eigenvalue weighted by molar-refractivity contribution is -0.136. The molecule has 1 aliphatic heterocycles. The lowest BCUT2D eigenvalue weighted by Crippen LogP contribution is -2.47. The van der Waals surface area contributed by atoms with Crippen molar-refractivity contribution in [2.45, 2.75) is 65.3 Å². The number of hydrogen-bond donors (Lipinski definition) is 1. The second-order valence-electron chi connectivity index (χ2n) is 6.50. The lowest BCUT2D eigenvalue weighted by atomic mass is 9.94. The molecule has 1 N–H and O–H groups in total. The zero-order chi connectivity index (χ0) is 14.5. The summed E-state index contributed by atoms with van der Waals surface area (Å²) in [6.45, 7) is 9.53. The normalized spacial score (nSPS) is 17.4. The molecule has 1 saturated heterocycles. The molecule has 0 bridgehead atoms. The van der Waals surface area contributed by atoms with Gasteiger partial charge in [-0.15, -0.1) is 0 Å². The van der Waals surface area contributed by atoms with Crippen LogP contribution < -0.4 is 5.32 Å². The first-order chi connectivity index (χ1) is 8.83. The van der Waals surface area contributed by atoms with Crippen LogP contribution in [0.5, 0.6) is 0 Å². The molecule has 110 valence electrons. The maximum atomic E-state index is 12.0. The van der Waals surface area contributed by atoms with Gasteiger partial charge in [-0.2, -0.15) is 0 Å². The lowest BCUT2D eigenvalue weighted by Gasteiger charge is -2.33. The molecule has 1 rings (SSSR count). The fourth-order valence-electron chi connectivity index (χ4n) is 2.35. The number of likely N-dealkylation sites (tertiary alicyclic amines) is 1. The van der Waals surface area contributed by atoms with Gasteiger partial charge in [-0.1, -0.05) is 13.3 Å². The summed E-state index contributed by atoms with van der Waals surface area (Å²) >= 11 is 0. The molecule has 0 saturated carbocycles. The summed E-state index contributed by atoms with van der Waals surface area (Å²) in [7, 11) is 0. The molecule has 0 aliphatic carbocycles. The summed E-state index contributed by atoms with van der Waals surface area (Å²) in [5, 5.41) is 3.02. The van der Waals surface area contributed by atoms with Crippen LogP contribution in [0.15, 0.2) is 0 Å². The Morgan fingerprint density at radius 1 is 1.21 bits per heavy atom. The van der Waals surface area contributed by atoms with E-state index in [-0.39, 0.29) is 23.3 Å². The Labute approximate surface area is 116 Å². The maximum absolute atomic E-state index is 12.0. The Kier molecular flexibility index (Phi) is 5.83. The average molecular weight is 268 g/mol. The van der Waals surface area contributed by atoms with Gasteiger partial charge in [0.1, 0.15) is 0 Å². The molecule has 0 spiro atoms. The average Bonchev–Trinajstić information content (AvgIpc) is 2.34. The number of amides is 2. The zero-order valence-corrected chi connectivity index (χ0v) is 12.8. The highest BCUT2D eigenvalue weighted by Gasteiger charge is 2.28. The van der Waals surface area contributed by atoms with E-state index in [1.54, 1.807) is 0 Å². The monoisotopic (exact) mass is 268 g/mol. The molecule has 0 aromatic rings. The summed E-state index contributed by atoms with van der Waals surface area (Å²) in [5.74, 6) is 0.444. The largest absolute Gasteiger partial charge is 0.351 e. The third kappa shape index (κ3) is 5.62. The first kappa shape index (κ1) is 16.0. The summed E-state index contributed by atoms with van der Waals surface area (Å²) < 4.78 is 0. The van der Waals surface area contributed by atoms with Crippen molar-refractivity contribution in [1.29, 1.82) is 0 Å². The number of nitrogens with one attached hydrogen (secondary N) is 1. The minimum Gasteiger partial charge on any atom is -0.351 e. The smallest absolute Gasteiger partial charge is 0.223 e. The van der Waals surface area contributed by atoms with Crippen LogP contribution in [0.2, 0.25) is 0 Å². The van der Waals surface area contributed by atoms with E-state index < -0.39 is 0 Å². The molecule has 1 aliphatic rings. The van der Waals surface area contributed by atoms with Crippen LogP contribution in [0, 0.1) is 5.92 Å². The van der Waals surface area contributed by atoms with Crippen molar-refractivity contribution in [1.82, 2.24) is 10.2 Å². The Morgan fingerprint density at radius 3 is 2.26 bits per heavy atom. The first-order valence-electron chi connectivity index (χ1n) is 7.43. The van der Waals surface area contributed by atoms with E-state index in [1.165, 1.54) is 0 Å². The van der Waals surface area contributed by atoms with Gasteiger partial charge in [-0.3, -0.25) is 9.59 Å². The first-order valence-corrected chi connectivity index (χ1v) is 7.43. The topological polar surface area (TPSA) is 49.4 Å². The van der Waals surface area contributed by atoms with Gasteiger partial charge in [0.15, 0.2) is 0 Å². The Balaban J connectivity index is 2.36. The minimum absolute atomic E-state index is 0.0643. The van der Waals surface area contributed by atoms with Gasteiger partial charge in [-0.25, -0.2) is 0 Å². The number of hydrogen-bond acceptors (Lipinski definition) is 2. The third-order valence-electron chi connectivity index (χ3n) is 3.46. The quantitative estimate of drug-likeness (QED) is 0.850. The van der Waals surface area contributed by atoms with Crippen LogP contribution in [0.3, 0.4) is 0 Å². The molecule has 4 nitrogen and oxygen atoms in total. The van der Waals surface area contributed by atoms with E-state index in [1.807, 2.05) is 25.7 Å². The maximum Gasteiger partial charge on any atom is 0.223 e. The van der Waals surface area contributed by atoms with Crippen LogP contribution in [-0.4, -0.2) is 35.3 Å². The summed E-state index contributed by atoms with van der Waals surface area (Å²) in [5.41, 5.74) is -0.175. The molecular weight excluding hydrogens is 240 g/mol. The van der Waals surface area contributed by atoms with Crippen molar-refractivity contribution < 1.29 is 9.59 Å². The highest BCUT2D eigenvalue weighted by atomic mass is 16.2. The molecule has 0 atom stereocenters. The predicted octanol–water partition coefficient (Wildman–Crippen LogP) is 2.33. The van der Waals surface area contributed by atoms with Crippen LogP contribution in [-0.2, 0) is 9.59 Å². The number of piperidine rings is 1. The summed E-state index contributed by atoms with van der Waals surface area (Å²) in [4.78, 5) is 25.8. The SMILES string of the molecule is CCCCC(=O)N1CCC(C(=O)NC(C)(C)C)CC1. The van der Waals surface area contributed by atoms with Crippen molar-refractivity contribution >= 4 is 11.8 Å². The summed E-state index contributed by atoms with van der Waals surface area (Å²) in [6.07, 6.45) is 4.24. The number of carbonyl (C=O) groups is 2. The molecule has 4 heteroatoms. The van der Waals surface area contributed by atoms with E-state index in [2.05, 4.69) is 12.2 Å². The molecule has 1 fully saturated rings. The third-order valence-corrected chi connectivity index (χ3v) is 3.46. The molecule has 0 radical (unpaired) electrons. The second-order valence-corrected chi connectivity index (χ2v) is 6.50. The van der Waals surface area contributed by atoms with Crippen molar-refractivity contribution in [3.63, 3.8) is 0 Å². The number of nitrogens with zero attached hydrogens (tertiary/aromatic N) is 1. The Morgan fingerprint density at radius 2 is 1.79 bits per heavy atom. The van der Waals surface area contributed by atoms with E-state index in [0.29, 0.717) is 6.42 Å². The van der Waals surface area contributed by atoms with Crippen molar-refractivity contribution in [3.8, 4) is 0 Å². The van der Waals surface area contributed by atoms with Crippen LogP contribution in [0.25, 0.3) is 0 Å².